The van der Waals surface area contributed by atoms with E-state index in [-0.39, 0.29) is 12.0 Å². The van der Waals surface area contributed by atoms with Gasteiger partial charge in [0.2, 0.25) is 0 Å². The number of amides is 1. The molecule has 1 fully saturated rings. The zero-order valence-corrected chi connectivity index (χ0v) is 19.3. The summed E-state index contributed by atoms with van der Waals surface area (Å²) in [6.07, 6.45) is 1.75. The summed E-state index contributed by atoms with van der Waals surface area (Å²) in [7, 11) is 1.33. The van der Waals surface area contributed by atoms with Crippen molar-refractivity contribution < 1.29 is 19.1 Å². The van der Waals surface area contributed by atoms with Crippen LogP contribution in [0.5, 0.6) is 5.75 Å². The van der Waals surface area contributed by atoms with Crippen LogP contribution in [0.1, 0.15) is 36.7 Å². The first-order chi connectivity index (χ1) is 14.8. The highest BCUT2D eigenvalue weighted by Gasteiger charge is 2.32. The maximum Gasteiger partial charge on any atom is 0.337 e. The Hall–Kier alpha value is -2.77. The molecule has 8 heteroatoms. The Morgan fingerprint density at radius 2 is 2.03 bits per heavy atom. The van der Waals surface area contributed by atoms with Gasteiger partial charge in [0.05, 0.1) is 29.4 Å². The van der Waals surface area contributed by atoms with Crippen LogP contribution in [0, 0.1) is 0 Å². The second-order valence-electron chi connectivity index (χ2n) is 6.95. The number of likely N-dealkylation sites (N-methyl/N-ethyl adjacent to an activating group) is 1. The smallest absolute Gasteiger partial charge is 0.337 e. The average Bonchev–Trinajstić information content (AvgIpc) is 3.03. The third-order valence-electron chi connectivity index (χ3n) is 4.32. The second-order valence-corrected chi connectivity index (χ2v) is 8.39. The van der Waals surface area contributed by atoms with E-state index < -0.39 is 5.97 Å². The van der Waals surface area contributed by atoms with E-state index in [2.05, 4.69) is 4.99 Å². The maximum atomic E-state index is 13.0. The number of ether oxygens (including phenoxy) is 2. The molecule has 1 aliphatic rings. The highest BCUT2D eigenvalue weighted by Crippen LogP contribution is 2.36. The van der Waals surface area contributed by atoms with Crippen LogP contribution in [0.3, 0.4) is 0 Å². The van der Waals surface area contributed by atoms with Gasteiger partial charge >= 0.3 is 5.97 Å². The molecule has 0 aromatic heterocycles. The van der Waals surface area contributed by atoms with Gasteiger partial charge in [0.15, 0.2) is 5.17 Å². The standard InChI is InChI=1S/C23H23ClN2O4S/c1-5-26-21(27)20(13-16-11-17(24)9-10-19(16)30-14(2)3)31-23(26)25-18-8-6-7-15(12-18)22(28)29-4/h6-14H,5H2,1-4H3. The van der Waals surface area contributed by atoms with E-state index in [0.717, 1.165) is 5.56 Å². The lowest BCUT2D eigenvalue weighted by atomic mass is 10.1. The minimum absolute atomic E-state index is 0.0170. The lowest BCUT2D eigenvalue weighted by molar-refractivity contribution is -0.122. The van der Waals surface area contributed by atoms with Gasteiger partial charge in [-0.05, 0) is 75.0 Å². The molecule has 0 spiro atoms. The Balaban J connectivity index is 1.97. The van der Waals surface area contributed by atoms with E-state index in [1.54, 1.807) is 53.4 Å². The van der Waals surface area contributed by atoms with Crippen molar-refractivity contribution in [1.29, 1.82) is 0 Å². The number of benzene rings is 2. The van der Waals surface area contributed by atoms with Crippen molar-refractivity contribution in [2.45, 2.75) is 26.9 Å². The molecule has 1 saturated heterocycles. The highest BCUT2D eigenvalue weighted by molar-refractivity contribution is 8.18. The third kappa shape index (κ3) is 5.48. The van der Waals surface area contributed by atoms with Crippen molar-refractivity contribution in [3.05, 3.63) is 63.5 Å². The maximum absolute atomic E-state index is 13.0. The molecule has 1 aliphatic heterocycles. The van der Waals surface area contributed by atoms with Crippen LogP contribution in [0.2, 0.25) is 5.02 Å². The molecule has 6 nitrogen and oxygen atoms in total. The number of hydrogen-bond acceptors (Lipinski definition) is 6. The van der Waals surface area contributed by atoms with E-state index >= 15 is 0 Å². The van der Waals surface area contributed by atoms with Crippen LogP contribution >= 0.6 is 23.4 Å². The summed E-state index contributed by atoms with van der Waals surface area (Å²) in [5.41, 5.74) is 1.68. The summed E-state index contributed by atoms with van der Waals surface area (Å²) < 4.78 is 10.6. The quantitative estimate of drug-likeness (QED) is 0.420. The van der Waals surface area contributed by atoms with Crippen molar-refractivity contribution in [1.82, 2.24) is 4.90 Å². The molecule has 0 N–H and O–H groups in total. The summed E-state index contributed by atoms with van der Waals surface area (Å²) in [5.74, 6) is 0.0640. The Morgan fingerprint density at radius 3 is 2.71 bits per heavy atom. The summed E-state index contributed by atoms with van der Waals surface area (Å²) in [4.78, 5) is 31.5. The fourth-order valence-electron chi connectivity index (χ4n) is 2.94. The lowest BCUT2D eigenvalue weighted by Gasteiger charge is -2.13. The molecule has 0 radical (unpaired) electrons. The number of amidine groups is 1. The van der Waals surface area contributed by atoms with Crippen molar-refractivity contribution in [2.75, 3.05) is 13.7 Å². The zero-order valence-electron chi connectivity index (χ0n) is 17.7. The number of hydrogen-bond donors (Lipinski definition) is 0. The molecule has 3 rings (SSSR count). The van der Waals surface area contributed by atoms with Gasteiger partial charge in [-0.15, -0.1) is 0 Å². The SMILES string of the molecule is CCN1C(=O)C(=Cc2cc(Cl)ccc2OC(C)C)SC1=Nc1cccc(C(=O)OC)c1. The minimum Gasteiger partial charge on any atom is -0.490 e. The summed E-state index contributed by atoms with van der Waals surface area (Å²) in [5, 5.41) is 1.09. The molecule has 1 amide bonds. The Labute approximate surface area is 190 Å². The number of nitrogens with zero attached hydrogens (tertiary/aromatic N) is 2. The molecule has 2 aromatic carbocycles. The van der Waals surface area contributed by atoms with E-state index in [1.807, 2.05) is 20.8 Å². The molecule has 0 bridgehead atoms. The van der Waals surface area contributed by atoms with Gasteiger partial charge in [-0.25, -0.2) is 9.79 Å². The first kappa shape index (κ1) is 22.9. The number of carbonyl (C=O) groups excluding carboxylic acids is 2. The van der Waals surface area contributed by atoms with Crippen LogP contribution in [0.4, 0.5) is 5.69 Å². The Kier molecular flexibility index (Phi) is 7.41. The predicted molar refractivity (Wildman–Crippen MR) is 125 cm³/mol. The third-order valence-corrected chi connectivity index (χ3v) is 5.56. The Bertz CT molecular complexity index is 1070. The molecule has 1 heterocycles. The number of carbonyl (C=O) groups is 2. The zero-order chi connectivity index (χ0) is 22.5. The fourth-order valence-corrected chi connectivity index (χ4v) is 4.17. The van der Waals surface area contributed by atoms with E-state index in [0.29, 0.717) is 38.6 Å². The van der Waals surface area contributed by atoms with Gasteiger partial charge in [0.25, 0.3) is 5.91 Å². The van der Waals surface area contributed by atoms with Gasteiger partial charge in [-0.3, -0.25) is 9.69 Å². The minimum atomic E-state index is -0.441. The molecular formula is C23H23ClN2O4S. The van der Waals surface area contributed by atoms with E-state index in [9.17, 15) is 9.59 Å². The molecule has 0 atom stereocenters. The van der Waals surface area contributed by atoms with Crippen molar-refractivity contribution in [3.63, 3.8) is 0 Å². The first-order valence-corrected chi connectivity index (χ1v) is 11.0. The predicted octanol–water partition coefficient (Wildman–Crippen LogP) is 5.54. The number of rotatable bonds is 6. The van der Waals surface area contributed by atoms with Gasteiger partial charge in [0.1, 0.15) is 5.75 Å². The molecule has 2 aromatic rings. The van der Waals surface area contributed by atoms with Gasteiger partial charge in [0, 0.05) is 17.1 Å². The molecule has 162 valence electrons. The topological polar surface area (TPSA) is 68.2 Å². The molecule has 0 saturated carbocycles. The number of esters is 1. The van der Waals surface area contributed by atoms with Crippen LogP contribution in [-0.4, -0.2) is 41.7 Å². The molecule has 0 unspecified atom stereocenters. The van der Waals surface area contributed by atoms with Crippen LogP contribution in [0.15, 0.2) is 52.4 Å². The normalized spacial score (nSPS) is 16.5. The largest absolute Gasteiger partial charge is 0.490 e. The Morgan fingerprint density at radius 1 is 1.26 bits per heavy atom. The second kappa shape index (κ2) is 10.0. The van der Waals surface area contributed by atoms with Crippen LogP contribution in [0.25, 0.3) is 6.08 Å². The summed E-state index contributed by atoms with van der Waals surface area (Å²) in [6.45, 7) is 6.22. The van der Waals surface area contributed by atoms with Crippen LogP contribution < -0.4 is 4.74 Å². The van der Waals surface area contributed by atoms with Crippen molar-refractivity contribution in [3.8, 4) is 5.75 Å². The van der Waals surface area contributed by atoms with Crippen molar-refractivity contribution >= 4 is 52.2 Å². The van der Waals surface area contributed by atoms with E-state index in [4.69, 9.17) is 21.1 Å². The van der Waals surface area contributed by atoms with Crippen LogP contribution in [-0.2, 0) is 9.53 Å². The van der Waals surface area contributed by atoms with Gasteiger partial charge in [-0.2, -0.15) is 0 Å². The number of thioether (sulfide) groups is 1. The number of aliphatic imine (C=N–C) groups is 1. The monoisotopic (exact) mass is 458 g/mol. The van der Waals surface area contributed by atoms with E-state index in [1.165, 1.54) is 18.9 Å². The number of methoxy groups -OCH3 is 1. The van der Waals surface area contributed by atoms with Crippen molar-refractivity contribution in [2.24, 2.45) is 4.99 Å². The summed E-state index contributed by atoms with van der Waals surface area (Å²) in [6, 6.07) is 12.1. The molecule has 0 aliphatic carbocycles. The highest BCUT2D eigenvalue weighted by atomic mass is 35.5. The number of halogens is 1. The first-order valence-electron chi connectivity index (χ1n) is 9.77. The molecular weight excluding hydrogens is 436 g/mol. The van der Waals surface area contributed by atoms with Gasteiger partial charge in [-0.1, -0.05) is 17.7 Å². The lowest BCUT2D eigenvalue weighted by Crippen LogP contribution is -2.28. The summed E-state index contributed by atoms with van der Waals surface area (Å²) >= 11 is 7.44. The van der Waals surface area contributed by atoms with Gasteiger partial charge < -0.3 is 9.47 Å². The average molecular weight is 459 g/mol. The fraction of sp³-hybridized carbons (Fsp3) is 0.261. The molecule has 31 heavy (non-hydrogen) atoms.